The van der Waals surface area contributed by atoms with E-state index in [1.165, 1.54) is 77.0 Å². The molecule has 0 heterocycles. The van der Waals surface area contributed by atoms with Crippen molar-refractivity contribution in [2.24, 2.45) is 0 Å². The van der Waals surface area contributed by atoms with Gasteiger partial charge in [-0.25, -0.2) is 0 Å². The molecule has 0 radical (unpaired) electrons. The van der Waals surface area contributed by atoms with Gasteiger partial charge in [-0.05, 0) is 0 Å². The summed E-state index contributed by atoms with van der Waals surface area (Å²) in [7, 11) is 1.50. The van der Waals surface area contributed by atoms with Crippen molar-refractivity contribution in [1.82, 2.24) is 0 Å². The first-order valence-electron chi connectivity index (χ1n) is 13.2. The van der Waals surface area contributed by atoms with E-state index in [0.717, 1.165) is 14.2 Å². The molecule has 0 aromatic carbocycles. The summed E-state index contributed by atoms with van der Waals surface area (Å²) >= 11 is -1.68. The summed E-state index contributed by atoms with van der Waals surface area (Å²) in [4.78, 5) is 0. The SMILES string of the molecule is CCC[CH2][Sn+]([CH2]CCC)[CH2]CCC.CCC[CH2][Sn+]([CH2]CCC)[CH2]CCC.C[O-].C[O-]. The summed E-state index contributed by atoms with van der Waals surface area (Å²) < 4.78 is 10.1. The van der Waals surface area contributed by atoms with Crippen molar-refractivity contribution in [3.63, 3.8) is 0 Å². The van der Waals surface area contributed by atoms with Crippen LogP contribution in [-0.4, -0.2) is 53.7 Å². The maximum atomic E-state index is 8.25. The van der Waals surface area contributed by atoms with E-state index in [4.69, 9.17) is 10.2 Å². The summed E-state index contributed by atoms with van der Waals surface area (Å²) in [6, 6.07) is 0. The zero-order valence-corrected chi connectivity index (χ0v) is 28.3. The first-order chi connectivity index (χ1) is 14.7. The van der Waals surface area contributed by atoms with Crippen molar-refractivity contribution in [3.8, 4) is 0 Å². The van der Waals surface area contributed by atoms with Crippen LogP contribution in [0.15, 0.2) is 0 Å². The Morgan fingerprint density at radius 2 is 0.467 bits per heavy atom. The van der Waals surface area contributed by atoms with E-state index in [9.17, 15) is 0 Å². The fourth-order valence-corrected chi connectivity index (χ4v) is 22.2. The van der Waals surface area contributed by atoms with Gasteiger partial charge in [-0.2, -0.15) is 14.2 Å². The molecule has 0 aliphatic carbocycles. The van der Waals surface area contributed by atoms with Crippen LogP contribution in [0.3, 0.4) is 0 Å². The Morgan fingerprint density at radius 1 is 0.333 bits per heavy atom. The van der Waals surface area contributed by atoms with Gasteiger partial charge in [0.05, 0.1) is 0 Å². The molecule has 4 heteroatoms. The van der Waals surface area contributed by atoms with Gasteiger partial charge in [-0.3, -0.25) is 0 Å². The van der Waals surface area contributed by atoms with E-state index in [-0.39, 0.29) is 0 Å². The number of unbranched alkanes of at least 4 members (excludes halogenated alkanes) is 6. The summed E-state index contributed by atoms with van der Waals surface area (Å²) in [6.45, 7) is 14.0. The van der Waals surface area contributed by atoms with E-state index in [2.05, 4.69) is 41.5 Å². The Labute approximate surface area is 207 Å². The molecule has 0 spiro atoms. The minimum atomic E-state index is -0.839. The maximum Gasteiger partial charge on any atom is -0.153 e. The van der Waals surface area contributed by atoms with Gasteiger partial charge in [-0.15, -0.1) is 0 Å². The van der Waals surface area contributed by atoms with Crippen LogP contribution in [0.4, 0.5) is 0 Å². The number of hydrogen-bond donors (Lipinski definition) is 0. The molecule has 0 aliphatic heterocycles. The predicted molar refractivity (Wildman–Crippen MR) is 142 cm³/mol. The molecule has 0 unspecified atom stereocenters. The van der Waals surface area contributed by atoms with Gasteiger partial charge >= 0.3 is 185 Å². The average Bonchev–Trinajstić information content (AvgIpc) is 2.81. The molecule has 0 aromatic rings. The van der Waals surface area contributed by atoms with Crippen LogP contribution >= 0.6 is 0 Å². The normalized spacial score (nSPS) is 9.40. The van der Waals surface area contributed by atoms with Gasteiger partial charge in [0.1, 0.15) is 0 Å². The summed E-state index contributed by atoms with van der Waals surface area (Å²) in [5.74, 6) is 0. The van der Waals surface area contributed by atoms with Gasteiger partial charge in [-0.1, -0.05) is 0 Å². The second-order valence-corrected chi connectivity index (χ2v) is 25.2. The molecule has 0 N–H and O–H groups in total. The van der Waals surface area contributed by atoms with E-state index < -0.39 is 39.5 Å². The third-order valence-electron chi connectivity index (χ3n) is 5.30. The molecular weight excluding hydrogens is 582 g/mol. The summed E-state index contributed by atoms with van der Waals surface area (Å²) in [6.07, 6.45) is 17.7. The minimum Gasteiger partial charge on any atom is -0.857 e. The first-order valence-corrected chi connectivity index (χ1v) is 25.3. The molecule has 0 rings (SSSR count). The van der Waals surface area contributed by atoms with Crippen molar-refractivity contribution < 1.29 is 10.2 Å². The maximum absolute atomic E-state index is 8.25. The smallest absolute Gasteiger partial charge is 0.153 e. The van der Waals surface area contributed by atoms with Gasteiger partial charge < -0.3 is 10.2 Å². The first kappa shape index (κ1) is 38.8. The van der Waals surface area contributed by atoms with E-state index in [0.29, 0.717) is 0 Å². The fourth-order valence-electron chi connectivity index (χ4n) is 3.31. The molecule has 0 aliphatic rings. The molecule has 184 valence electrons. The summed E-state index contributed by atoms with van der Waals surface area (Å²) in [5.41, 5.74) is 0. The molecule has 0 fully saturated rings. The zero-order valence-electron chi connectivity index (χ0n) is 22.5. The van der Waals surface area contributed by atoms with Crippen molar-refractivity contribution in [1.29, 1.82) is 0 Å². The van der Waals surface area contributed by atoms with E-state index in [1.54, 1.807) is 26.6 Å². The van der Waals surface area contributed by atoms with Gasteiger partial charge in [0.25, 0.3) is 0 Å². The van der Waals surface area contributed by atoms with Crippen LogP contribution in [0.25, 0.3) is 0 Å². The molecule has 0 amide bonds. The molecule has 0 bridgehead atoms. The Balaban J connectivity index is -0.000000193. The van der Waals surface area contributed by atoms with Crippen molar-refractivity contribution in [2.45, 2.75) is 145 Å². The molecule has 0 saturated heterocycles. The molecule has 30 heavy (non-hydrogen) atoms. The zero-order chi connectivity index (χ0) is 23.9. The predicted octanol–water partition coefficient (Wildman–Crippen LogP) is 7.72. The molecular formula is C26H60O2Sn2. The van der Waals surface area contributed by atoms with Crippen molar-refractivity contribution in [2.75, 3.05) is 14.2 Å². The van der Waals surface area contributed by atoms with Gasteiger partial charge in [0, 0.05) is 0 Å². The third kappa shape index (κ3) is 36.9. The molecule has 0 saturated carbocycles. The number of rotatable bonds is 18. The average molecular weight is 642 g/mol. The van der Waals surface area contributed by atoms with Gasteiger partial charge in [0.15, 0.2) is 0 Å². The Hall–Kier alpha value is 1.52. The Kier molecular flexibility index (Phi) is 52.8. The minimum absolute atomic E-state index is 0.750. The molecule has 2 nitrogen and oxygen atoms in total. The monoisotopic (exact) mass is 644 g/mol. The largest absolute Gasteiger partial charge is 0.857 e. The topological polar surface area (TPSA) is 46.1 Å². The number of hydrogen-bond acceptors (Lipinski definition) is 2. The third-order valence-corrected chi connectivity index (χ3v) is 23.5. The van der Waals surface area contributed by atoms with E-state index in [1.807, 2.05) is 0 Å². The Bertz CT molecular complexity index is 179. The standard InChI is InChI=1S/6C4H9.2CH3O.2Sn/c6*1-3-4-2;2*1-2;;/h6*1,3-4H2,2H3;2*1H3;;/q;;;;;;2*-1;2*+1. The molecule has 0 aromatic heterocycles. The fraction of sp³-hybridized carbons (Fsp3) is 1.00. The Morgan fingerprint density at radius 3 is 0.567 bits per heavy atom. The van der Waals surface area contributed by atoms with Crippen LogP contribution in [0.1, 0.15) is 119 Å². The van der Waals surface area contributed by atoms with Gasteiger partial charge in [0.2, 0.25) is 0 Å². The van der Waals surface area contributed by atoms with E-state index >= 15 is 0 Å². The second kappa shape index (κ2) is 40.8. The summed E-state index contributed by atoms with van der Waals surface area (Å²) in [5, 5.41) is 16.5. The van der Waals surface area contributed by atoms with Crippen molar-refractivity contribution >= 4 is 39.5 Å². The van der Waals surface area contributed by atoms with Crippen LogP contribution in [0, 0.1) is 0 Å². The van der Waals surface area contributed by atoms with Crippen LogP contribution in [0.5, 0.6) is 0 Å². The van der Waals surface area contributed by atoms with Crippen LogP contribution < -0.4 is 10.2 Å². The molecule has 0 atom stereocenters. The van der Waals surface area contributed by atoms with Crippen LogP contribution in [0.2, 0.25) is 26.6 Å². The quantitative estimate of drug-likeness (QED) is 0.144. The second-order valence-electron chi connectivity index (χ2n) is 8.12. The van der Waals surface area contributed by atoms with Crippen LogP contribution in [-0.2, 0) is 0 Å². The van der Waals surface area contributed by atoms with Crippen molar-refractivity contribution in [3.05, 3.63) is 0 Å².